The van der Waals surface area contributed by atoms with E-state index in [1.54, 1.807) is 16.9 Å². The first kappa shape index (κ1) is 12.2. The number of rotatable bonds is 4. The molecule has 0 aliphatic heterocycles. The first-order valence-electron chi connectivity index (χ1n) is 5.30. The lowest BCUT2D eigenvalue weighted by molar-refractivity contribution is 0.307. The predicted molar refractivity (Wildman–Crippen MR) is 74.3 cm³/mol. The maximum atomic E-state index is 5.79. The van der Waals surface area contributed by atoms with Gasteiger partial charge in [-0.05, 0) is 41.1 Å². The summed E-state index contributed by atoms with van der Waals surface area (Å²) in [5.74, 6) is 1.17. The Morgan fingerprint density at radius 3 is 2.94 bits per heavy atom. The second-order valence-corrected chi connectivity index (χ2v) is 4.76. The number of nitrogen functional groups attached to an aromatic ring is 1. The molecule has 0 saturated heterocycles. The van der Waals surface area contributed by atoms with E-state index in [0.717, 1.165) is 9.99 Å². The summed E-state index contributed by atoms with van der Waals surface area (Å²) in [7, 11) is 0. The molecule has 0 aliphatic rings. The summed E-state index contributed by atoms with van der Waals surface area (Å²) in [6.07, 6.45) is 4.58. The molecule has 2 aromatic heterocycles. The molecule has 0 radical (unpaired) electrons. The van der Waals surface area contributed by atoms with Gasteiger partial charge in [-0.1, -0.05) is 6.92 Å². The van der Waals surface area contributed by atoms with Crippen LogP contribution in [0.25, 0.3) is 5.82 Å². The number of pyridine rings is 1. The summed E-state index contributed by atoms with van der Waals surface area (Å²) >= 11 is 2.20. The maximum absolute atomic E-state index is 5.79. The van der Waals surface area contributed by atoms with Crippen LogP contribution in [0.15, 0.2) is 24.5 Å². The summed E-state index contributed by atoms with van der Waals surface area (Å²) < 4.78 is 8.22. The number of nitrogens with two attached hydrogens (primary N) is 1. The van der Waals surface area contributed by atoms with Gasteiger partial charge in [0.1, 0.15) is 0 Å². The third kappa shape index (κ3) is 2.87. The second kappa shape index (κ2) is 5.35. The lowest BCUT2D eigenvalue weighted by Gasteiger charge is -2.08. The average Bonchev–Trinajstić information content (AvgIpc) is 2.75. The maximum Gasteiger partial charge on any atom is 0.239 e. The fourth-order valence-corrected chi connectivity index (χ4v) is 1.70. The minimum atomic E-state index is 0.467. The molecule has 0 aliphatic carbocycles. The Balaban J connectivity index is 2.30. The Labute approximate surface area is 113 Å². The van der Waals surface area contributed by atoms with Gasteiger partial charge in [0.05, 0.1) is 22.1 Å². The Hall–Kier alpha value is -1.31. The monoisotopic (exact) mass is 344 g/mol. The van der Waals surface area contributed by atoms with Gasteiger partial charge in [-0.2, -0.15) is 10.1 Å². The SMILES string of the molecule is CCCOc1nc(-n2cc(I)cn2)ccc1N. The van der Waals surface area contributed by atoms with Crippen molar-refractivity contribution in [1.82, 2.24) is 14.8 Å². The van der Waals surface area contributed by atoms with E-state index in [1.165, 1.54) is 0 Å². The summed E-state index contributed by atoms with van der Waals surface area (Å²) in [4.78, 5) is 4.34. The molecule has 2 N–H and O–H groups in total. The molecule has 0 saturated carbocycles. The van der Waals surface area contributed by atoms with E-state index in [0.29, 0.717) is 24.0 Å². The van der Waals surface area contributed by atoms with E-state index in [9.17, 15) is 0 Å². The van der Waals surface area contributed by atoms with Crippen molar-refractivity contribution in [2.24, 2.45) is 0 Å². The number of nitrogens with zero attached hydrogens (tertiary/aromatic N) is 3. The van der Waals surface area contributed by atoms with Crippen LogP contribution in [0, 0.1) is 3.57 Å². The summed E-state index contributed by atoms with van der Waals surface area (Å²) in [5.41, 5.74) is 6.34. The summed E-state index contributed by atoms with van der Waals surface area (Å²) in [5, 5.41) is 4.19. The smallest absolute Gasteiger partial charge is 0.239 e. The Morgan fingerprint density at radius 1 is 1.47 bits per heavy atom. The quantitative estimate of drug-likeness (QED) is 0.864. The Kier molecular flexibility index (Phi) is 3.82. The minimum Gasteiger partial charge on any atom is -0.476 e. The first-order valence-corrected chi connectivity index (χ1v) is 6.38. The van der Waals surface area contributed by atoms with E-state index >= 15 is 0 Å². The zero-order valence-electron chi connectivity index (χ0n) is 9.43. The molecule has 5 nitrogen and oxygen atoms in total. The molecule has 6 heteroatoms. The number of anilines is 1. The average molecular weight is 344 g/mol. The first-order chi connectivity index (χ1) is 8.20. The zero-order valence-corrected chi connectivity index (χ0v) is 11.6. The standard InChI is InChI=1S/C11H13IN4O/c1-2-5-17-11-9(13)3-4-10(15-11)16-7-8(12)6-14-16/h3-4,6-7H,2,5,13H2,1H3. The van der Waals surface area contributed by atoms with Crippen LogP contribution in [0.3, 0.4) is 0 Å². The van der Waals surface area contributed by atoms with Crippen LogP contribution >= 0.6 is 22.6 Å². The molecule has 0 spiro atoms. The highest BCUT2D eigenvalue weighted by atomic mass is 127. The van der Waals surface area contributed by atoms with Gasteiger partial charge in [0.2, 0.25) is 5.88 Å². The van der Waals surface area contributed by atoms with Crippen LogP contribution in [-0.2, 0) is 0 Å². The van der Waals surface area contributed by atoms with Gasteiger partial charge in [-0.3, -0.25) is 0 Å². The molecule has 0 bridgehead atoms. The van der Waals surface area contributed by atoms with Crippen LogP contribution in [-0.4, -0.2) is 21.4 Å². The van der Waals surface area contributed by atoms with Crippen LogP contribution in [0.2, 0.25) is 0 Å². The van der Waals surface area contributed by atoms with Crippen molar-refractivity contribution in [2.45, 2.75) is 13.3 Å². The van der Waals surface area contributed by atoms with Gasteiger partial charge in [0, 0.05) is 6.20 Å². The Bertz CT molecular complexity index is 512. The van der Waals surface area contributed by atoms with Crippen molar-refractivity contribution >= 4 is 28.3 Å². The van der Waals surface area contributed by atoms with Gasteiger partial charge < -0.3 is 10.5 Å². The highest BCUT2D eigenvalue weighted by Crippen LogP contribution is 2.20. The zero-order chi connectivity index (χ0) is 12.3. The predicted octanol–water partition coefficient (Wildman–Crippen LogP) is 2.24. The summed E-state index contributed by atoms with van der Waals surface area (Å²) in [6.45, 7) is 2.65. The third-order valence-corrected chi connectivity index (χ3v) is 2.66. The van der Waals surface area contributed by atoms with Gasteiger partial charge in [0.15, 0.2) is 5.82 Å². The van der Waals surface area contributed by atoms with Crippen molar-refractivity contribution in [3.05, 3.63) is 28.1 Å². The molecule has 90 valence electrons. The second-order valence-electron chi connectivity index (χ2n) is 3.52. The molecule has 2 rings (SSSR count). The normalized spacial score (nSPS) is 10.5. The van der Waals surface area contributed by atoms with Crippen molar-refractivity contribution in [1.29, 1.82) is 0 Å². The molecule has 0 fully saturated rings. The topological polar surface area (TPSA) is 66.0 Å². The minimum absolute atomic E-state index is 0.467. The molecule has 2 aromatic rings. The van der Waals surface area contributed by atoms with Crippen molar-refractivity contribution in [3.63, 3.8) is 0 Å². The lowest BCUT2D eigenvalue weighted by atomic mass is 10.4. The molecule has 0 amide bonds. The van der Waals surface area contributed by atoms with E-state index in [-0.39, 0.29) is 0 Å². The third-order valence-electron chi connectivity index (χ3n) is 2.10. The van der Waals surface area contributed by atoms with Gasteiger partial charge in [-0.25, -0.2) is 4.68 Å². The van der Waals surface area contributed by atoms with E-state index in [2.05, 4.69) is 32.7 Å². The van der Waals surface area contributed by atoms with Crippen LogP contribution in [0.5, 0.6) is 5.88 Å². The molecule has 0 atom stereocenters. The number of ether oxygens (including phenoxy) is 1. The highest BCUT2D eigenvalue weighted by molar-refractivity contribution is 14.1. The molecule has 0 unspecified atom stereocenters. The van der Waals surface area contributed by atoms with Gasteiger partial charge in [-0.15, -0.1) is 0 Å². The summed E-state index contributed by atoms with van der Waals surface area (Å²) in [6, 6.07) is 3.60. The molecule has 17 heavy (non-hydrogen) atoms. The van der Waals surface area contributed by atoms with Crippen molar-refractivity contribution in [3.8, 4) is 11.7 Å². The van der Waals surface area contributed by atoms with E-state index < -0.39 is 0 Å². The number of hydrogen-bond acceptors (Lipinski definition) is 4. The van der Waals surface area contributed by atoms with Crippen molar-refractivity contribution < 1.29 is 4.74 Å². The number of halogens is 1. The Morgan fingerprint density at radius 2 is 2.29 bits per heavy atom. The van der Waals surface area contributed by atoms with Crippen LogP contribution in [0.4, 0.5) is 5.69 Å². The van der Waals surface area contributed by atoms with Gasteiger partial charge in [0.25, 0.3) is 0 Å². The fraction of sp³-hybridized carbons (Fsp3) is 0.273. The van der Waals surface area contributed by atoms with E-state index in [4.69, 9.17) is 10.5 Å². The molecule has 0 aromatic carbocycles. The van der Waals surface area contributed by atoms with Gasteiger partial charge >= 0.3 is 0 Å². The van der Waals surface area contributed by atoms with Crippen molar-refractivity contribution in [2.75, 3.05) is 12.3 Å². The lowest BCUT2D eigenvalue weighted by Crippen LogP contribution is -2.05. The largest absolute Gasteiger partial charge is 0.476 e. The molecule has 2 heterocycles. The van der Waals surface area contributed by atoms with Crippen LogP contribution in [0.1, 0.15) is 13.3 Å². The molecular weight excluding hydrogens is 331 g/mol. The fourth-order valence-electron chi connectivity index (χ4n) is 1.31. The van der Waals surface area contributed by atoms with E-state index in [1.807, 2.05) is 19.2 Å². The highest BCUT2D eigenvalue weighted by Gasteiger charge is 2.06. The number of hydrogen-bond donors (Lipinski definition) is 1. The molecular formula is C11H13IN4O. The number of aromatic nitrogens is 3. The van der Waals surface area contributed by atoms with Crippen LogP contribution < -0.4 is 10.5 Å².